The summed E-state index contributed by atoms with van der Waals surface area (Å²) in [6.07, 6.45) is 0. The Balaban J connectivity index is 2.02. The van der Waals surface area contributed by atoms with E-state index in [-0.39, 0.29) is 5.38 Å². The van der Waals surface area contributed by atoms with Crippen molar-refractivity contribution in [1.82, 2.24) is 0 Å². The van der Waals surface area contributed by atoms with E-state index in [1.54, 1.807) is 7.11 Å². The molecule has 108 valence electrons. The van der Waals surface area contributed by atoms with E-state index in [0.717, 1.165) is 27.6 Å². The Morgan fingerprint density at radius 2 is 1.71 bits per heavy atom. The molecule has 1 unspecified atom stereocenters. The summed E-state index contributed by atoms with van der Waals surface area (Å²) in [6, 6.07) is 13.9. The summed E-state index contributed by atoms with van der Waals surface area (Å²) in [5, 5.41) is 1.90. The highest BCUT2D eigenvalue weighted by molar-refractivity contribution is 7.20. The molecule has 3 aromatic rings. The van der Waals surface area contributed by atoms with Gasteiger partial charge < -0.3 is 4.74 Å². The largest absolute Gasteiger partial charge is 0.497 e. The van der Waals surface area contributed by atoms with Crippen molar-refractivity contribution in [2.24, 2.45) is 0 Å². The van der Waals surface area contributed by atoms with Crippen LogP contribution in [0.15, 0.2) is 42.5 Å². The van der Waals surface area contributed by atoms with Crippen LogP contribution in [0.5, 0.6) is 5.75 Å². The van der Waals surface area contributed by atoms with E-state index in [9.17, 15) is 0 Å². The molecule has 21 heavy (non-hydrogen) atoms. The minimum atomic E-state index is -0.312. The summed E-state index contributed by atoms with van der Waals surface area (Å²) in [7, 11) is 1.66. The van der Waals surface area contributed by atoms with E-state index in [1.165, 1.54) is 11.3 Å². The number of rotatable bonds is 3. The van der Waals surface area contributed by atoms with Crippen LogP contribution in [0, 0.1) is 0 Å². The zero-order valence-electron chi connectivity index (χ0n) is 11.1. The zero-order valence-corrected chi connectivity index (χ0v) is 14.2. The summed E-state index contributed by atoms with van der Waals surface area (Å²) in [6.45, 7) is 0. The van der Waals surface area contributed by atoms with Gasteiger partial charge in [0.2, 0.25) is 0 Å². The molecule has 1 atom stereocenters. The summed E-state index contributed by atoms with van der Waals surface area (Å²) in [5.41, 5.74) is 1.84. The lowest BCUT2D eigenvalue weighted by atomic mass is 10.0. The molecule has 0 saturated heterocycles. The molecular weight excluding hydrogens is 347 g/mol. The number of hydrogen-bond donors (Lipinski definition) is 0. The minimum Gasteiger partial charge on any atom is -0.497 e. The average molecular weight is 358 g/mol. The molecule has 3 rings (SSSR count). The molecule has 0 fully saturated rings. The number of hydrogen-bond acceptors (Lipinski definition) is 2. The normalized spacial score (nSPS) is 12.6. The molecule has 0 aliphatic rings. The quantitative estimate of drug-likeness (QED) is 0.483. The lowest BCUT2D eigenvalue weighted by Gasteiger charge is -2.11. The van der Waals surface area contributed by atoms with E-state index >= 15 is 0 Å². The highest BCUT2D eigenvalue weighted by Gasteiger charge is 2.17. The summed E-state index contributed by atoms with van der Waals surface area (Å²) in [5.74, 6) is 0.838. The summed E-state index contributed by atoms with van der Waals surface area (Å²) >= 11 is 20.0. The fourth-order valence-electron chi connectivity index (χ4n) is 2.23. The second-order valence-electron chi connectivity index (χ2n) is 4.61. The molecule has 0 spiro atoms. The Kier molecular flexibility index (Phi) is 4.32. The van der Waals surface area contributed by atoms with E-state index in [1.807, 2.05) is 36.4 Å². The van der Waals surface area contributed by atoms with Crippen LogP contribution in [0.3, 0.4) is 0 Å². The second-order valence-corrected chi connectivity index (χ2v) is 7.34. The van der Waals surface area contributed by atoms with Crippen molar-refractivity contribution < 1.29 is 4.74 Å². The van der Waals surface area contributed by atoms with Crippen molar-refractivity contribution in [1.29, 1.82) is 0 Å². The van der Waals surface area contributed by atoms with Crippen LogP contribution in [0.25, 0.3) is 10.8 Å². The molecule has 1 heterocycles. The lowest BCUT2D eigenvalue weighted by molar-refractivity contribution is 0.415. The molecule has 0 N–H and O–H groups in total. The van der Waals surface area contributed by atoms with Crippen LogP contribution >= 0.6 is 46.1 Å². The van der Waals surface area contributed by atoms with Crippen molar-refractivity contribution in [3.05, 3.63) is 62.3 Å². The highest BCUT2D eigenvalue weighted by Crippen LogP contribution is 2.41. The first-order valence-electron chi connectivity index (χ1n) is 6.25. The smallest absolute Gasteiger partial charge is 0.119 e. The standard InChI is InChI=1S/C16H11Cl3OS/c1-20-12-5-4-9-6-11(3-2-10(9)7-12)15(18)13-8-14(17)21-16(13)19/h2-8,15H,1H3. The van der Waals surface area contributed by atoms with Crippen LogP contribution in [0.1, 0.15) is 16.5 Å². The van der Waals surface area contributed by atoms with Gasteiger partial charge in [0.15, 0.2) is 0 Å². The number of fused-ring (bicyclic) bond motifs is 1. The van der Waals surface area contributed by atoms with Crippen LogP contribution in [0.2, 0.25) is 8.67 Å². The molecule has 0 amide bonds. The maximum atomic E-state index is 6.55. The second kappa shape index (κ2) is 6.05. The molecule has 0 bridgehead atoms. The number of benzene rings is 2. The Hall–Kier alpha value is -0.930. The Morgan fingerprint density at radius 3 is 2.38 bits per heavy atom. The first-order chi connectivity index (χ1) is 10.1. The average Bonchev–Trinajstić information content (AvgIpc) is 2.84. The number of ether oxygens (including phenoxy) is 1. The van der Waals surface area contributed by atoms with E-state index in [2.05, 4.69) is 6.07 Å². The minimum absolute atomic E-state index is 0.312. The maximum absolute atomic E-state index is 6.55. The molecule has 5 heteroatoms. The fraction of sp³-hybridized carbons (Fsp3) is 0.125. The van der Waals surface area contributed by atoms with Crippen molar-refractivity contribution in [2.45, 2.75) is 5.38 Å². The van der Waals surface area contributed by atoms with Gasteiger partial charge in [-0.1, -0.05) is 41.4 Å². The number of halogens is 3. The van der Waals surface area contributed by atoms with Gasteiger partial charge in [-0.3, -0.25) is 0 Å². The molecule has 0 radical (unpaired) electrons. The van der Waals surface area contributed by atoms with Crippen molar-refractivity contribution in [3.63, 3.8) is 0 Å². The van der Waals surface area contributed by atoms with Crippen LogP contribution in [-0.2, 0) is 0 Å². The van der Waals surface area contributed by atoms with Crippen LogP contribution in [0.4, 0.5) is 0 Å². The molecule has 1 nitrogen and oxygen atoms in total. The van der Waals surface area contributed by atoms with Gasteiger partial charge in [0.25, 0.3) is 0 Å². The molecule has 1 aromatic heterocycles. The predicted molar refractivity (Wildman–Crippen MR) is 92.5 cm³/mol. The maximum Gasteiger partial charge on any atom is 0.119 e. The number of methoxy groups -OCH3 is 1. The molecule has 0 aliphatic heterocycles. The summed E-state index contributed by atoms with van der Waals surface area (Å²) < 4.78 is 6.51. The first-order valence-corrected chi connectivity index (χ1v) is 8.26. The zero-order chi connectivity index (χ0) is 15.0. The monoisotopic (exact) mass is 356 g/mol. The van der Waals surface area contributed by atoms with Gasteiger partial charge in [0.05, 0.1) is 21.2 Å². The van der Waals surface area contributed by atoms with Gasteiger partial charge in [0.1, 0.15) is 5.75 Å². The molecule has 0 aliphatic carbocycles. The number of alkyl halides is 1. The Morgan fingerprint density at radius 1 is 1.00 bits per heavy atom. The fourth-order valence-corrected chi connectivity index (χ4v) is 4.19. The van der Waals surface area contributed by atoms with Crippen LogP contribution in [-0.4, -0.2) is 7.11 Å². The van der Waals surface area contributed by atoms with Crippen LogP contribution < -0.4 is 4.74 Å². The van der Waals surface area contributed by atoms with Gasteiger partial charge in [-0.2, -0.15) is 0 Å². The molecular formula is C16H11Cl3OS. The van der Waals surface area contributed by atoms with Gasteiger partial charge in [0, 0.05) is 5.56 Å². The highest BCUT2D eigenvalue weighted by atomic mass is 35.5. The molecule has 2 aromatic carbocycles. The Bertz CT molecular complexity index is 797. The topological polar surface area (TPSA) is 9.23 Å². The van der Waals surface area contributed by atoms with Crippen molar-refractivity contribution >= 4 is 56.9 Å². The third-order valence-corrected chi connectivity index (χ3v) is 5.33. The third kappa shape index (κ3) is 3.00. The SMILES string of the molecule is COc1ccc2cc(C(Cl)c3cc(Cl)sc3Cl)ccc2c1. The van der Waals surface area contributed by atoms with Gasteiger partial charge in [-0.25, -0.2) is 0 Å². The third-order valence-electron chi connectivity index (χ3n) is 3.32. The van der Waals surface area contributed by atoms with Crippen molar-refractivity contribution in [2.75, 3.05) is 7.11 Å². The van der Waals surface area contributed by atoms with E-state index < -0.39 is 0 Å². The van der Waals surface area contributed by atoms with Gasteiger partial charge in [-0.05, 0) is 40.6 Å². The summed E-state index contributed by atoms with van der Waals surface area (Å²) in [4.78, 5) is 0. The van der Waals surface area contributed by atoms with Gasteiger partial charge >= 0.3 is 0 Å². The Labute approximate surface area is 142 Å². The van der Waals surface area contributed by atoms with Crippen molar-refractivity contribution in [3.8, 4) is 5.75 Å². The van der Waals surface area contributed by atoms with Gasteiger partial charge in [-0.15, -0.1) is 22.9 Å². The van der Waals surface area contributed by atoms with E-state index in [0.29, 0.717) is 8.67 Å². The molecule has 0 saturated carbocycles. The van der Waals surface area contributed by atoms with E-state index in [4.69, 9.17) is 39.5 Å². The number of thiophene rings is 1. The predicted octanol–water partition coefficient (Wildman–Crippen LogP) is 6.54. The lowest BCUT2D eigenvalue weighted by Crippen LogP contribution is -1.92. The first kappa shape index (κ1) is 15.0.